The summed E-state index contributed by atoms with van der Waals surface area (Å²) < 4.78 is 10.2. The van der Waals surface area contributed by atoms with Crippen molar-refractivity contribution in [2.45, 2.75) is 270 Å². The predicted molar refractivity (Wildman–Crippen MR) is 235 cm³/mol. The summed E-state index contributed by atoms with van der Waals surface area (Å²) in [5.41, 5.74) is 0. The van der Waals surface area contributed by atoms with E-state index in [0.29, 0.717) is 12.8 Å². The van der Waals surface area contributed by atoms with E-state index in [4.69, 9.17) is 5.37 Å². The van der Waals surface area contributed by atoms with Crippen molar-refractivity contribution < 1.29 is 25.2 Å². The Labute approximate surface area is 354 Å². The van der Waals surface area contributed by atoms with E-state index in [1.165, 1.54) is 167 Å². The van der Waals surface area contributed by atoms with Gasteiger partial charge >= 0.3 is 189 Å². The molecular formula is C48H90O6Pb. The van der Waals surface area contributed by atoms with Crippen LogP contribution in [0.15, 0.2) is 24.3 Å². The van der Waals surface area contributed by atoms with E-state index in [9.17, 15) is 19.8 Å². The Morgan fingerprint density at radius 2 is 0.600 bits per heavy atom. The molecular weight excluding hydrogens is 880 g/mol. The second-order valence-corrected chi connectivity index (χ2v) is 18.5. The Kier molecular flexibility index (Phi) is 45.3. The van der Waals surface area contributed by atoms with Crippen LogP contribution in [0.4, 0.5) is 0 Å². The molecule has 0 aromatic carbocycles. The first kappa shape index (κ1) is 54.3. The van der Waals surface area contributed by atoms with E-state index >= 15 is 0 Å². The zero-order chi connectivity index (χ0) is 40.1. The van der Waals surface area contributed by atoms with Crippen molar-refractivity contribution in [1.82, 2.24) is 0 Å². The van der Waals surface area contributed by atoms with Crippen LogP contribution >= 0.6 is 0 Å². The maximum absolute atomic E-state index is 12.1. The van der Waals surface area contributed by atoms with Gasteiger partial charge in [0.2, 0.25) is 0 Å². The minimum Gasteiger partial charge on any atom is -0.0654 e. The summed E-state index contributed by atoms with van der Waals surface area (Å²) in [7, 11) is 0. The van der Waals surface area contributed by atoms with Gasteiger partial charge < -0.3 is 0 Å². The van der Waals surface area contributed by atoms with Crippen molar-refractivity contribution in [3.63, 3.8) is 0 Å². The third kappa shape index (κ3) is 42.7. The third-order valence-corrected chi connectivity index (χ3v) is 13.0. The van der Waals surface area contributed by atoms with Gasteiger partial charge in [0.25, 0.3) is 0 Å². The smallest absolute Gasteiger partial charge is 0.0654 e. The number of hydrogen-bond acceptors (Lipinski definition) is 6. The average molecular weight is 970 g/mol. The number of aliphatic hydroxyl groups excluding tert-OH is 2. The number of allylic oxidation sites excluding steroid dienone is 4. The number of carbonyl (C=O) groups excluding carboxylic acids is 2. The molecule has 2 unspecified atom stereocenters. The standard InChI is InChI=1S/2C24H46O3.Pb/c2*1-2-3-4-5-6-7-8-9-10-11-12-13-14-15-16-17-18-19-20-21-22-23(25)24(26)27;/h2*15-16,23,25H,2-14,17-22H2,1H3,(H,26,27);/q;;+2/p-2. The Morgan fingerprint density at radius 1 is 0.382 bits per heavy atom. The normalized spacial score (nSPS) is 12.9. The summed E-state index contributed by atoms with van der Waals surface area (Å²) in [6.07, 6.45) is 53.4. The predicted octanol–water partition coefficient (Wildman–Crippen LogP) is 14.3. The Hall–Kier alpha value is -0.738. The zero-order valence-corrected chi connectivity index (χ0v) is 40.2. The first-order valence-corrected chi connectivity index (χ1v) is 27.0. The molecule has 0 spiro atoms. The monoisotopic (exact) mass is 971 g/mol. The second kappa shape index (κ2) is 46.0. The molecule has 0 amide bonds. The maximum atomic E-state index is 12.1. The van der Waals surface area contributed by atoms with Crippen LogP contribution in [0.5, 0.6) is 0 Å². The fourth-order valence-corrected chi connectivity index (χ4v) is 8.92. The van der Waals surface area contributed by atoms with Gasteiger partial charge in [-0.15, -0.1) is 0 Å². The first-order chi connectivity index (χ1) is 27.0. The summed E-state index contributed by atoms with van der Waals surface area (Å²) in [6, 6.07) is 0. The molecule has 0 rings (SSSR count). The van der Waals surface area contributed by atoms with E-state index in [2.05, 4.69) is 38.2 Å². The average Bonchev–Trinajstić information content (AvgIpc) is 3.19. The number of unbranched alkanes of at least 4 members (excludes halogenated alkanes) is 32. The Balaban J connectivity index is 3.51. The van der Waals surface area contributed by atoms with Gasteiger partial charge in [0.1, 0.15) is 0 Å². The second-order valence-electron chi connectivity index (χ2n) is 16.2. The quantitative estimate of drug-likeness (QED) is 0.0359. The number of hydrogen-bond donors (Lipinski definition) is 2. The fraction of sp³-hybridized carbons (Fsp3) is 0.875. The molecule has 0 heterocycles. The molecule has 2 radical (unpaired) electrons. The number of carbonyl (C=O) groups is 2. The number of rotatable bonds is 44. The van der Waals surface area contributed by atoms with E-state index in [0.717, 1.165) is 64.2 Å². The van der Waals surface area contributed by atoms with Crippen LogP contribution in [-0.4, -0.2) is 59.5 Å². The van der Waals surface area contributed by atoms with Crippen LogP contribution in [0.2, 0.25) is 0 Å². The molecule has 55 heavy (non-hydrogen) atoms. The molecule has 0 aliphatic rings. The van der Waals surface area contributed by atoms with Gasteiger partial charge in [-0.2, -0.15) is 0 Å². The summed E-state index contributed by atoms with van der Waals surface area (Å²) in [5.74, 6) is -1.40. The van der Waals surface area contributed by atoms with Crippen molar-refractivity contribution in [2.75, 3.05) is 0 Å². The van der Waals surface area contributed by atoms with Gasteiger partial charge in [-0.05, 0) is 12.8 Å². The summed E-state index contributed by atoms with van der Waals surface area (Å²) >= 11 is -2.46. The molecule has 0 saturated carbocycles. The fourth-order valence-electron chi connectivity index (χ4n) is 7.06. The van der Waals surface area contributed by atoms with Crippen LogP contribution < -0.4 is 0 Å². The minimum atomic E-state index is -2.46. The molecule has 322 valence electrons. The van der Waals surface area contributed by atoms with Crippen molar-refractivity contribution in [2.24, 2.45) is 0 Å². The Bertz CT molecular complexity index is 793. The van der Waals surface area contributed by atoms with Gasteiger partial charge in [-0.25, -0.2) is 0 Å². The summed E-state index contributed by atoms with van der Waals surface area (Å²) in [5, 5.41) is 20.3. The molecule has 0 bridgehead atoms. The van der Waals surface area contributed by atoms with Crippen LogP contribution in [0.25, 0.3) is 0 Å². The molecule has 7 heteroatoms. The first-order valence-electron chi connectivity index (χ1n) is 23.8. The van der Waals surface area contributed by atoms with E-state index in [-0.39, 0.29) is 0 Å². The molecule has 0 fully saturated rings. The van der Waals surface area contributed by atoms with Gasteiger partial charge in [-0.3, -0.25) is 0 Å². The molecule has 6 nitrogen and oxygen atoms in total. The molecule has 0 aliphatic heterocycles. The van der Waals surface area contributed by atoms with Gasteiger partial charge in [0.05, 0.1) is 0 Å². The molecule has 0 aromatic heterocycles. The SMILES string of the molecule is CCCCCCCCCCCCCCC=CCCCCCCC(O)C(=O)[O][Pb][O]C(=O)C(O)CCCCCCC=CCCCCCCCCCCCCCC. The van der Waals surface area contributed by atoms with Crippen LogP contribution in [0, 0.1) is 0 Å². The zero-order valence-electron chi connectivity index (χ0n) is 36.4. The van der Waals surface area contributed by atoms with Crippen LogP contribution in [0.3, 0.4) is 0 Å². The molecule has 0 aromatic rings. The molecule has 0 aliphatic carbocycles. The topological polar surface area (TPSA) is 93.1 Å². The van der Waals surface area contributed by atoms with Gasteiger partial charge in [0.15, 0.2) is 0 Å². The number of aliphatic hydroxyl groups is 2. The van der Waals surface area contributed by atoms with Crippen molar-refractivity contribution in [3.05, 3.63) is 24.3 Å². The summed E-state index contributed by atoms with van der Waals surface area (Å²) in [6.45, 7) is 4.56. The van der Waals surface area contributed by atoms with Gasteiger partial charge in [-0.1, -0.05) is 155 Å². The molecule has 2 atom stereocenters. The third-order valence-electron chi connectivity index (χ3n) is 10.8. The van der Waals surface area contributed by atoms with E-state index in [1.54, 1.807) is 0 Å². The summed E-state index contributed by atoms with van der Waals surface area (Å²) in [4.78, 5) is 24.2. The molecule has 2 N–H and O–H groups in total. The van der Waals surface area contributed by atoms with Crippen molar-refractivity contribution in [3.8, 4) is 0 Å². The molecule has 0 saturated heterocycles. The van der Waals surface area contributed by atoms with E-state index < -0.39 is 49.3 Å². The minimum absolute atomic E-state index is 0.364. The van der Waals surface area contributed by atoms with Crippen molar-refractivity contribution in [1.29, 1.82) is 0 Å². The Morgan fingerprint density at radius 3 is 0.855 bits per heavy atom. The van der Waals surface area contributed by atoms with Crippen LogP contribution in [-0.2, 0) is 15.0 Å². The van der Waals surface area contributed by atoms with Crippen molar-refractivity contribution >= 4 is 37.1 Å². The van der Waals surface area contributed by atoms with Gasteiger partial charge in [0, 0.05) is 0 Å². The van der Waals surface area contributed by atoms with Crippen LogP contribution in [0.1, 0.15) is 258 Å². The van der Waals surface area contributed by atoms with E-state index in [1.807, 2.05) is 0 Å².